The van der Waals surface area contributed by atoms with Gasteiger partial charge in [-0.05, 0) is 78.0 Å². The second-order valence-corrected chi connectivity index (χ2v) is 7.38. The van der Waals surface area contributed by atoms with Gasteiger partial charge in [-0.2, -0.15) is 5.26 Å². The maximum atomic E-state index is 14.1. The average molecular weight is 398 g/mol. The zero-order valence-electron chi connectivity index (χ0n) is 13.8. The molecule has 1 aliphatic carbocycles. The van der Waals surface area contributed by atoms with E-state index in [2.05, 4.69) is 38.8 Å². The Morgan fingerprint density at radius 3 is 2.68 bits per heavy atom. The van der Waals surface area contributed by atoms with Crippen LogP contribution in [0.5, 0.6) is 0 Å². The van der Waals surface area contributed by atoms with Crippen molar-refractivity contribution in [3.8, 4) is 6.07 Å². The van der Waals surface area contributed by atoms with E-state index in [0.29, 0.717) is 16.1 Å². The molecule has 5 heteroatoms. The van der Waals surface area contributed by atoms with E-state index in [0.717, 1.165) is 40.8 Å². The summed E-state index contributed by atoms with van der Waals surface area (Å²) in [5.41, 5.74) is 3.54. The molecule has 1 fully saturated rings. The van der Waals surface area contributed by atoms with Gasteiger partial charge in [0.05, 0.1) is 16.1 Å². The van der Waals surface area contributed by atoms with Crippen molar-refractivity contribution < 1.29 is 4.39 Å². The van der Waals surface area contributed by atoms with Crippen LogP contribution in [0.25, 0.3) is 10.9 Å². The molecule has 3 nitrogen and oxygen atoms in total. The standard InChI is InChI=1S/C20H17BrFN3/c1-12-16-7-5-13(11-23)9-19(16)24-20(12)25(14-3-2-4-14)15-6-8-17(21)18(22)10-15/h5-10,14,24H,2-4H2,1H3. The Hall–Kier alpha value is -2.32. The molecule has 0 saturated heterocycles. The van der Waals surface area contributed by atoms with Crippen LogP contribution in [-0.2, 0) is 0 Å². The van der Waals surface area contributed by atoms with Crippen molar-refractivity contribution in [3.05, 3.63) is 57.8 Å². The monoisotopic (exact) mass is 397 g/mol. The number of halogens is 2. The van der Waals surface area contributed by atoms with E-state index in [1.54, 1.807) is 12.1 Å². The summed E-state index contributed by atoms with van der Waals surface area (Å²) >= 11 is 3.23. The number of fused-ring (bicyclic) bond motifs is 1. The number of aromatic nitrogens is 1. The molecule has 0 spiro atoms. The topological polar surface area (TPSA) is 42.8 Å². The summed E-state index contributed by atoms with van der Waals surface area (Å²) in [5.74, 6) is 0.721. The predicted octanol–water partition coefficient (Wildman–Crippen LogP) is 5.94. The molecule has 0 amide bonds. The van der Waals surface area contributed by atoms with Crippen LogP contribution >= 0.6 is 15.9 Å². The molecule has 1 aromatic heterocycles. The number of nitrogens with zero attached hydrogens (tertiary/aromatic N) is 2. The maximum Gasteiger partial charge on any atom is 0.139 e. The van der Waals surface area contributed by atoms with Gasteiger partial charge in [0.2, 0.25) is 0 Å². The van der Waals surface area contributed by atoms with Gasteiger partial charge in [0.15, 0.2) is 0 Å². The van der Waals surface area contributed by atoms with Crippen LogP contribution in [0.4, 0.5) is 15.9 Å². The number of nitriles is 1. The van der Waals surface area contributed by atoms with Crippen LogP contribution in [0.1, 0.15) is 30.4 Å². The zero-order chi connectivity index (χ0) is 17.6. The van der Waals surface area contributed by atoms with E-state index in [1.165, 1.54) is 6.42 Å². The second-order valence-electron chi connectivity index (χ2n) is 6.52. The lowest BCUT2D eigenvalue weighted by atomic mass is 9.90. The Morgan fingerprint density at radius 2 is 2.04 bits per heavy atom. The average Bonchev–Trinajstić information content (AvgIpc) is 2.89. The highest BCUT2D eigenvalue weighted by Crippen LogP contribution is 2.40. The number of H-pyrrole nitrogens is 1. The molecule has 3 aromatic rings. The Morgan fingerprint density at radius 1 is 1.24 bits per heavy atom. The van der Waals surface area contributed by atoms with Gasteiger partial charge in [0.1, 0.15) is 11.6 Å². The summed E-state index contributed by atoms with van der Waals surface area (Å²) in [7, 11) is 0. The molecule has 4 rings (SSSR count). The van der Waals surface area contributed by atoms with Crippen molar-refractivity contribution in [2.24, 2.45) is 0 Å². The number of rotatable bonds is 3. The van der Waals surface area contributed by atoms with Gasteiger partial charge in [-0.1, -0.05) is 6.07 Å². The second kappa shape index (κ2) is 6.20. The van der Waals surface area contributed by atoms with Crippen LogP contribution in [-0.4, -0.2) is 11.0 Å². The Labute approximate surface area is 154 Å². The van der Waals surface area contributed by atoms with Crippen molar-refractivity contribution >= 4 is 38.3 Å². The molecule has 0 unspecified atom stereocenters. The summed E-state index contributed by atoms with van der Waals surface area (Å²) in [6.45, 7) is 2.07. The third-order valence-corrected chi connectivity index (χ3v) is 5.67. The van der Waals surface area contributed by atoms with Gasteiger partial charge in [-0.3, -0.25) is 0 Å². The van der Waals surface area contributed by atoms with Gasteiger partial charge < -0.3 is 9.88 Å². The van der Waals surface area contributed by atoms with Gasteiger partial charge in [-0.15, -0.1) is 0 Å². The molecule has 25 heavy (non-hydrogen) atoms. The van der Waals surface area contributed by atoms with Gasteiger partial charge in [0, 0.05) is 22.6 Å². The SMILES string of the molecule is Cc1c(N(c2ccc(Br)c(F)c2)C2CCC2)[nH]c2cc(C#N)ccc12. The molecular weight excluding hydrogens is 381 g/mol. The van der Waals surface area contributed by atoms with E-state index in [1.807, 2.05) is 24.3 Å². The molecule has 0 aliphatic heterocycles. The number of hydrogen-bond acceptors (Lipinski definition) is 2. The van der Waals surface area contributed by atoms with Crippen LogP contribution in [0.15, 0.2) is 40.9 Å². The molecule has 2 aromatic carbocycles. The molecule has 0 bridgehead atoms. The first-order valence-corrected chi connectivity index (χ1v) is 9.14. The van der Waals surface area contributed by atoms with Crippen molar-refractivity contribution in [2.75, 3.05) is 4.90 Å². The van der Waals surface area contributed by atoms with E-state index in [-0.39, 0.29) is 5.82 Å². The number of aromatic amines is 1. The molecule has 0 radical (unpaired) electrons. The lowest BCUT2D eigenvalue weighted by Gasteiger charge is -2.39. The quantitative estimate of drug-likeness (QED) is 0.593. The smallest absolute Gasteiger partial charge is 0.139 e. The molecule has 126 valence electrons. The fraction of sp³-hybridized carbons (Fsp3) is 0.250. The van der Waals surface area contributed by atoms with Crippen LogP contribution in [0.3, 0.4) is 0 Å². The predicted molar refractivity (Wildman–Crippen MR) is 102 cm³/mol. The highest BCUT2D eigenvalue weighted by Gasteiger charge is 2.29. The number of anilines is 2. The van der Waals surface area contributed by atoms with Gasteiger partial charge >= 0.3 is 0 Å². The Balaban J connectivity index is 1.87. The van der Waals surface area contributed by atoms with E-state index in [4.69, 9.17) is 5.26 Å². The fourth-order valence-electron chi connectivity index (χ4n) is 3.44. The van der Waals surface area contributed by atoms with Crippen molar-refractivity contribution in [3.63, 3.8) is 0 Å². The highest BCUT2D eigenvalue weighted by molar-refractivity contribution is 9.10. The van der Waals surface area contributed by atoms with Crippen molar-refractivity contribution in [2.45, 2.75) is 32.2 Å². The van der Waals surface area contributed by atoms with Crippen LogP contribution in [0.2, 0.25) is 0 Å². The number of aryl methyl sites for hydroxylation is 1. The molecule has 1 saturated carbocycles. The highest BCUT2D eigenvalue weighted by atomic mass is 79.9. The lowest BCUT2D eigenvalue weighted by Crippen LogP contribution is -2.37. The van der Waals surface area contributed by atoms with E-state index < -0.39 is 0 Å². The van der Waals surface area contributed by atoms with Crippen LogP contribution in [0, 0.1) is 24.1 Å². The Bertz CT molecular complexity index is 998. The maximum absolute atomic E-state index is 14.1. The first-order chi connectivity index (χ1) is 12.1. The van der Waals surface area contributed by atoms with E-state index in [9.17, 15) is 4.39 Å². The molecule has 1 N–H and O–H groups in total. The minimum absolute atomic E-state index is 0.262. The fourth-order valence-corrected chi connectivity index (χ4v) is 3.68. The molecular formula is C20H17BrFN3. The molecule has 1 aliphatic rings. The van der Waals surface area contributed by atoms with Gasteiger partial charge in [-0.25, -0.2) is 4.39 Å². The van der Waals surface area contributed by atoms with E-state index >= 15 is 0 Å². The summed E-state index contributed by atoms with van der Waals surface area (Å²) < 4.78 is 14.6. The normalized spacial score (nSPS) is 14.3. The summed E-state index contributed by atoms with van der Waals surface area (Å²) in [6, 6.07) is 13.5. The number of nitrogens with one attached hydrogen (secondary N) is 1. The summed E-state index contributed by atoms with van der Waals surface area (Å²) in [5, 5.41) is 10.2. The molecule has 0 atom stereocenters. The first kappa shape index (κ1) is 16.2. The summed E-state index contributed by atoms with van der Waals surface area (Å²) in [4.78, 5) is 5.67. The van der Waals surface area contributed by atoms with Gasteiger partial charge in [0.25, 0.3) is 0 Å². The summed E-state index contributed by atoms with van der Waals surface area (Å²) in [6.07, 6.45) is 3.38. The molecule has 1 heterocycles. The largest absolute Gasteiger partial charge is 0.341 e. The first-order valence-electron chi connectivity index (χ1n) is 8.35. The number of benzene rings is 2. The number of hydrogen-bond donors (Lipinski definition) is 1. The van der Waals surface area contributed by atoms with Crippen LogP contribution < -0.4 is 4.90 Å². The minimum Gasteiger partial charge on any atom is -0.341 e. The van der Waals surface area contributed by atoms with Crippen molar-refractivity contribution in [1.82, 2.24) is 4.98 Å². The third kappa shape index (κ3) is 2.71. The Kier molecular flexibility index (Phi) is 4.01. The van der Waals surface area contributed by atoms with Crippen molar-refractivity contribution in [1.29, 1.82) is 5.26 Å². The minimum atomic E-state index is -0.262. The lowest BCUT2D eigenvalue weighted by molar-refractivity contribution is 0.409. The zero-order valence-corrected chi connectivity index (χ0v) is 15.4. The third-order valence-electron chi connectivity index (χ3n) is 5.02.